The number of aliphatic carboxylic acids is 1. The van der Waals surface area contributed by atoms with E-state index in [2.05, 4.69) is 25.9 Å². The molecule has 0 saturated heterocycles. The quantitative estimate of drug-likeness (QED) is 0.125. The Morgan fingerprint density at radius 2 is 1.44 bits per heavy atom. The second kappa shape index (κ2) is 14.6. The number of hydrogen-bond donors (Lipinski definition) is 8. The molecule has 1 aromatic heterocycles. The summed E-state index contributed by atoms with van der Waals surface area (Å²) in [5, 5.41) is 36.2. The number of aromatic amines is 1. The molecule has 0 aliphatic heterocycles. The molecule has 0 radical (unpaired) electrons. The molecule has 3 rings (SSSR count). The van der Waals surface area contributed by atoms with Crippen LogP contribution in [-0.2, 0) is 38.4 Å². The van der Waals surface area contributed by atoms with Gasteiger partial charge in [-0.2, -0.15) is 0 Å². The molecule has 3 amide bonds. The lowest BCUT2D eigenvalue weighted by Gasteiger charge is -2.26. The van der Waals surface area contributed by atoms with Crippen LogP contribution in [0.15, 0.2) is 67.1 Å². The Hall–Kier alpha value is -4.75. The number of nitrogens with one attached hydrogen (secondary N) is 4. The molecule has 0 saturated carbocycles. The largest absolute Gasteiger partial charge is 0.508 e. The molecule has 218 valence electrons. The standard InChI is InChI=1S/C28H34N6O7/c1-16(35)24(28(40)41)34-27(39)22(12-17-5-3-2-4-6-17)33-26(38)23(13-19-14-30-15-31-19)32-25(37)21(29)11-18-7-9-20(36)10-8-18/h2-10,14-16,21-24,35-36H,11-13,29H2,1H3,(H,30,31)(H,32,37)(H,33,38)(H,34,39)(H,40,41). The molecule has 41 heavy (non-hydrogen) atoms. The van der Waals surface area contributed by atoms with Gasteiger partial charge in [0.25, 0.3) is 0 Å². The van der Waals surface area contributed by atoms with Gasteiger partial charge in [-0.05, 0) is 36.6 Å². The number of carbonyl (C=O) groups excluding carboxylic acids is 3. The summed E-state index contributed by atoms with van der Waals surface area (Å²) >= 11 is 0. The van der Waals surface area contributed by atoms with Gasteiger partial charge in [0.2, 0.25) is 17.7 Å². The van der Waals surface area contributed by atoms with Crippen molar-refractivity contribution in [3.8, 4) is 5.75 Å². The maximum absolute atomic E-state index is 13.5. The van der Waals surface area contributed by atoms with Crippen LogP contribution in [0.5, 0.6) is 5.75 Å². The first-order valence-electron chi connectivity index (χ1n) is 12.9. The van der Waals surface area contributed by atoms with Gasteiger partial charge in [-0.25, -0.2) is 9.78 Å². The Morgan fingerprint density at radius 1 is 0.854 bits per heavy atom. The third-order valence-electron chi connectivity index (χ3n) is 6.30. The van der Waals surface area contributed by atoms with E-state index in [0.29, 0.717) is 16.8 Å². The molecule has 3 aromatic rings. The number of carbonyl (C=O) groups is 4. The highest BCUT2D eigenvalue weighted by molar-refractivity contribution is 5.94. The van der Waals surface area contributed by atoms with Gasteiger partial charge >= 0.3 is 5.97 Å². The number of nitrogens with zero attached hydrogens (tertiary/aromatic N) is 1. The monoisotopic (exact) mass is 566 g/mol. The maximum Gasteiger partial charge on any atom is 0.328 e. The van der Waals surface area contributed by atoms with Crippen LogP contribution in [0.3, 0.4) is 0 Å². The number of carboxylic acids is 1. The minimum atomic E-state index is -1.60. The van der Waals surface area contributed by atoms with Gasteiger partial charge in [0.05, 0.1) is 18.5 Å². The van der Waals surface area contributed by atoms with E-state index >= 15 is 0 Å². The fourth-order valence-electron chi connectivity index (χ4n) is 4.06. The lowest BCUT2D eigenvalue weighted by atomic mass is 10.0. The number of nitrogens with two attached hydrogens (primary N) is 1. The van der Waals surface area contributed by atoms with E-state index in [0.717, 1.165) is 0 Å². The van der Waals surface area contributed by atoms with E-state index in [1.54, 1.807) is 42.5 Å². The molecule has 0 bridgehead atoms. The predicted molar refractivity (Wildman–Crippen MR) is 147 cm³/mol. The average molecular weight is 567 g/mol. The molecule has 13 heteroatoms. The first kappa shape index (κ1) is 30.8. The summed E-state index contributed by atoms with van der Waals surface area (Å²) in [4.78, 5) is 58.0. The molecule has 0 spiro atoms. The topological polar surface area (TPSA) is 220 Å². The molecule has 0 fully saturated rings. The fourth-order valence-corrected chi connectivity index (χ4v) is 4.06. The van der Waals surface area contributed by atoms with E-state index in [4.69, 9.17) is 5.73 Å². The zero-order valence-electron chi connectivity index (χ0n) is 22.4. The lowest BCUT2D eigenvalue weighted by Crippen LogP contribution is -2.59. The van der Waals surface area contributed by atoms with Gasteiger partial charge < -0.3 is 42.0 Å². The summed E-state index contributed by atoms with van der Waals surface area (Å²) in [7, 11) is 0. The van der Waals surface area contributed by atoms with Crippen molar-refractivity contribution < 1.29 is 34.5 Å². The Kier molecular flexibility index (Phi) is 11.0. The minimum Gasteiger partial charge on any atom is -0.508 e. The highest BCUT2D eigenvalue weighted by Crippen LogP contribution is 2.11. The number of aliphatic hydroxyl groups excluding tert-OH is 1. The van der Waals surface area contributed by atoms with Crippen LogP contribution in [-0.4, -0.2) is 79.2 Å². The average Bonchev–Trinajstić information content (AvgIpc) is 3.45. The zero-order valence-corrected chi connectivity index (χ0v) is 22.4. The molecule has 13 nitrogen and oxygen atoms in total. The first-order chi connectivity index (χ1) is 19.5. The Morgan fingerprint density at radius 3 is 2.02 bits per heavy atom. The van der Waals surface area contributed by atoms with Crippen molar-refractivity contribution in [3.05, 3.63) is 83.9 Å². The van der Waals surface area contributed by atoms with Gasteiger partial charge in [-0.1, -0.05) is 42.5 Å². The molecule has 5 unspecified atom stereocenters. The van der Waals surface area contributed by atoms with Crippen molar-refractivity contribution in [2.24, 2.45) is 5.73 Å². The SMILES string of the molecule is CC(O)C(NC(=O)C(Cc1ccccc1)NC(=O)C(Cc1cnc[nH]1)NC(=O)C(N)Cc1ccc(O)cc1)C(=O)O. The summed E-state index contributed by atoms with van der Waals surface area (Å²) in [5.74, 6) is -3.54. The van der Waals surface area contributed by atoms with Crippen LogP contribution < -0.4 is 21.7 Å². The number of aromatic hydroxyl groups is 1. The van der Waals surface area contributed by atoms with Gasteiger partial charge in [-0.3, -0.25) is 14.4 Å². The first-order valence-corrected chi connectivity index (χ1v) is 12.9. The van der Waals surface area contributed by atoms with Crippen LogP contribution in [0.4, 0.5) is 0 Å². The third kappa shape index (κ3) is 9.44. The summed E-state index contributed by atoms with van der Waals surface area (Å²) in [5.41, 5.74) is 8.01. The summed E-state index contributed by atoms with van der Waals surface area (Å²) in [6, 6.07) is 9.91. The highest BCUT2D eigenvalue weighted by Gasteiger charge is 2.32. The molecular formula is C28H34N6O7. The second-order valence-corrected chi connectivity index (χ2v) is 9.64. The predicted octanol–water partition coefficient (Wildman–Crippen LogP) is -0.610. The molecule has 1 heterocycles. The van der Waals surface area contributed by atoms with Crippen LogP contribution >= 0.6 is 0 Å². The minimum absolute atomic E-state index is 0.00535. The number of carboxylic acid groups (broad SMARTS) is 1. The highest BCUT2D eigenvalue weighted by atomic mass is 16.4. The maximum atomic E-state index is 13.5. The number of rotatable bonds is 14. The molecule has 9 N–H and O–H groups in total. The Labute approximate surface area is 236 Å². The van der Waals surface area contributed by atoms with E-state index in [9.17, 15) is 34.5 Å². The number of amides is 3. The fraction of sp³-hybridized carbons (Fsp3) is 0.321. The summed E-state index contributed by atoms with van der Waals surface area (Å²) < 4.78 is 0. The van der Waals surface area contributed by atoms with Crippen LogP contribution in [0.1, 0.15) is 23.7 Å². The number of hydrogen-bond acceptors (Lipinski definition) is 8. The van der Waals surface area contributed by atoms with Crippen molar-refractivity contribution in [3.63, 3.8) is 0 Å². The number of aromatic nitrogens is 2. The van der Waals surface area contributed by atoms with Crippen molar-refractivity contribution in [1.29, 1.82) is 0 Å². The van der Waals surface area contributed by atoms with Crippen molar-refractivity contribution in [1.82, 2.24) is 25.9 Å². The molecular weight excluding hydrogens is 532 g/mol. The number of phenols is 1. The van der Waals surface area contributed by atoms with Gasteiger partial charge in [0.15, 0.2) is 6.04 Å². The van der Waals surface area contributed by atoms with E-state index in [1.165, 1.54) is 31.6 Å². The number of aliphatic hydroxyl groups is 1. The van der Waals surface area contributed by atoms with Crippen molar-refractivity contribution >= 4 is 23.7 Å². The Balaban J connectivity index is 1.79. The molecule has 2 aromatic carbocycles. The summed E-state index contributed by atoms with van der Waals surface area (Å²) in [6.07, 6.45) is 1.64. The molecule has 0 aliphatic carbocycles. The van der Waals surface area contributed by atoms with E-state index in [1.807, 2.05) is 0 Å². The van der Waals surface area contributed by atoms with E-state index in [-0.39, 0.29) is 25.0 Å². The van der Waals surface area contributed by atoms with Crippen LogP contribution in [0, 0.1) is 0 Å². The van der Waals surface area contributed by atoms with Gasteiger partial charge in [0, 0.05) is 24.7 Å². The van der Waals surface area contributed by atoms with Gasteiger partial charge in [0.1, 0.15) is 17.8 Å². The number of imidazole rings is 1. The zero-order chi connectivity index (χ0) is 29.9. The van der Waals surface area contributed by atoms with Crippen LogP contribution in [0.2, 0.25) is 0 Å². The summed E-state index contributed by atoms with van der Waals surface area (Å²) in [6.45, 7) is 1.22. The molecule has 5 atom stereocenters. The second-order valence-electron chi connectivity index (χ2n) is 9.64. The normalized spacial score (nSPS) is 14.6. The smallest absolute Gasteiger partial charge is 0.328 e. The Bertz CT molecular complexity index is 1300. The van der Waals surface area contributed by atoms with E-state index < -0.39 is 54.0 Å². The number of H-pyrrole nitrogens is 1. The number of phenolic OH excluding ortho intramolecular Hbond substituents is 1. The van der Waals surface area contributed by atoms with Crippen LogP contribution in [0.25, 0.3) is 0 Å². The van der Waals surface area contributed by atoms with Crippen molar-refractivity contribution in [2.45, 2.75) is 56.5 Å². The lowest BCUT2D eigenvalue weighted by molar-refractivity contribution is -0.145. The number of benzene rings is 2. The van der Waals surface area contributed by atoms with Crippen molar-refractivity contribution in [2.75, 3.05) is 0 Å². The van der Waals surface area contributed by atoms with Gasteiger partial charge in [-0.15, -0.1) is 0 Å². The molecule has 0 aliphatic rings. The third-order valence-corrected chi connectivity index (χ3v) is 6.30.